The topological polar surface area (TPSA) is 57.6 Å². The SMILES string of the molecule is CC(C)N1C(=O)CC(C(=O)O)C1c1cc(Br)ccc1Cl. The average Bonchev–Trinajstić information content (AvgIpc) is 2.70. The van der Waals surface area contributed by atoms with Crippen molar-refractivity contribution in [2.24, 2.45) is 5.92 Å². The number of carbonyl (C=O) groups excluding carboxylic acids is 1. The Bertz CT molecular complexity index is 561. The van der Waals surface area contributed by atoms with Gasteiger partial charge in [0.2, 0.25) is 5.91 Å². The fraction of sp³-hybridized carbons (Fsp3) is 0.429. The van der Waals surface area contributed by atoms with Crippen molar-refractivity contribution < 1.29 is 14.7 Å². The van der Waals surface area contributed by atoms with Gasteiger partial charge in [-0.1, -0.05) is 27.5 Å². The molecule has 2 atom stereocenters. The van der Waals surface area contributed by atoms with E-state index in [1.807, 2.05) is 13.8 Å². The first-order chi connectivity index (χ1) is 9.32. The molecule has 0 aliphatic carbocycles. The van der Waals surface area contributed by atoms with E-state index in [0.29, 0.717) is 10.6 Å². The highest BCUT2D eigenvalue weighted by atomic mass is 79.9. The molecule has 1 fully saturated rings. The van der Waals surface area contributed by atoms with Gasteiger partial charge in [0.25, 0.3) is 0 Å². The van der Waals surface area contributed by atoms with Crippen LogP contribution >= 0.6 is 27.5 Å². The Morgan fingerprint density at radius 1 is 1.50 bits per heavy atom. The number of hydrogen-bond acceptors (Lipinski definition) is 2. The van der Waals surface area contributed by atoms with Gasteiger partial charge in [-0.05, 0) is 37.6 Å². The highest BCUT2D eigenvalue weighted by Crippen LogP contribution is 2.42. The van der Waals surface area contributed by atoms with Crippen LogP contribution in [-0.2, 0) is 9.59 Å². The van der Waals surface area contributed by atoms with E-state index in [1.54, 1.807) is 23.1 Å². The van der Waals surface area contributed by atoms with Crippen LogP contribution in [0.15, 0.2) is 22.7 Å². The van der Waals surface area contributed by atoms with E-state index < -0.39 is 17.9 Å². The minimum Gasteiger partial charge on any atom is -0.481 e. The molecule has 1 N–H and O–H groups in total. The smallest absolute Gasteiger partial charge is 0.309 e. The number of rotatable bonds is 3. The summed E-state index contributed by atoms with van der Waals surface area (Å²) in [6, 6.07) is 4.69. The minimum absolute atomic E-state index is 0.0149. The lowest BCUT2D eigenvalue weighted by atomic mass is 9.93. The van der Waals surface area contributed by atoms with E-state index >= 15 is 0 Å². The number of amides is 1. The fourth-order valence-electron chi connectivity index (χ4n) is 2.69. The van der Waals surface area contributed by atoms with Gasteiger partial charge in [0, 0.05) is 22.0 Å². The molecule has 0 saturated carbocycles. The summed E-state index contributed by atoms with van der Waals surface area (Å²) in [4.78, 5) is 25.2. The molecule has 2 unspecified atom stereocenters. The fourth-order valence-corrected chi connectivity index (χ4v) is 3.30. The van der Waals surface area contributed by atoms with Crippen molar-refractivity contribution >= 4 is 39.4 Å². The first-order valence-corrected chi connectivity index (χ1v) is 7.49. The molecule has 1 saturated heterocycles. The highest BCUT2D eigenvalue weighted by Gasteiger charge is 2.46. The number of nitrogens with zero attached hydrogens (tertiary/aromatic N) is 1. The summed E-state index contributed by atoms with van der Waals surface area (Å²) >= 11 is 9.58. The first kappa shape index (κ1) is 15.3. The van der Waals surface area contributed by atoms with Gasteiger partial charge in [-0.25, -0.2) is 0 Å². The largest absolute Gasteiger partial charge is 0.481 e. The maximum absolute atomic E-state index is 12.1. The number of hydrogen-bond donors (Lipinski definition) is 1. The summed E-state index contributed by atoms with van der Waals surface area (Å²) in [5.41, 5.74) is 0.674. The van der Waals surface area contributed by atoms with Crippen LogP contribution in [0, 0.1) is 5.92 Å². The Morgan fingerprint density at radius 2 is 2.15 bits per heavy atom. The first-order valence-electron chi connectivity index (χ1n) is 6.32. The van der Waals surface area contributed by atoms with Crippen LogP contribution in [0.25, 0.3) is 0 Å². The monoisotopic (exact) mass is 359 g/mol. The molecule has 0 spiro atoms. The Hall–Kier alpha value is -1.07. The number of aliphatic carboxylic acids is 1. The molecule has 0 aromatic heterocycles. The molecule has 0 radical (unpaired) electrons. The lowest BCUT2D eigenvalue weighted by molar-refractivity contribution is -0.142. The molecule has 1 amide bonds. The molecule has 1 heterocycles. The Balaban J connectivity index is 2.54. The van der Waals surface area contributed by atoms with E-state index in [9.17, 15) is 14.7 Å². The molecule has 1 aliphatic heterocycles. The molecule has 108 valence electrons. The average molecular weight is 361 g/mol. The van der Waals surface area contributed by atoms with Crippen molar-refractivity contribution in [1.29, 1.82) is 0 Å². The number of benzene rings is 1. The van der Waals surface area contributed by atoms with Crippen molar-refractivity contribution in [3.8, 4) is 0 Å². The zero-order chi connectivity index (χ0) is 15.0. The van der Waals surface area contributed by atoms with Crippen LogP contribution in [0.3, 0.4) is 0 Å². The number of carboxylic acids is 1. The third-order valence-electron chi connectivity index (χ3n) is 3.51. The predicted octanol–water partition coefficient (Wildman–Crippen LogP) is 3.49. The summed E-state index contributed by atoms with van der Waals surface area (Å²) in [6.07, 6.45) is 0.0149. The molecule has 6 heteroatoms. The van der Waals surface area contributed by atoms with E-state index in [2.05, 4.69) is 15.9 Å². The quantitative estimate of drug-likeness (QED) is 0.897. The highest BCUT2D eigenvalue weighted by molar-refractivity contribution is 9.10. The molecular formula is C14H15BrClNO3. The van der Waals surface area contributed by atoms with Crippen molar-refractivity contribution in [3.63, 3.8) is 0 Å². The zero-order valence-electron chi connectivity index (χ0n) is 11.1. The third kappa shape index (κ3) is 2.69. The maximum atomic E-state index is 12.1. The Morgan fingerprint density at radius 3 is 2.70 bits per heavy atom. The van der Waals surface area contributed by atoms with Crippen molar-refractivity contribution in [2.75, 3.05) is 0 Å². The Labute approximate surface area is 130 Å². The summed E-state index contributed by atoms with van der Waals surface area (Å²) in [7, 11) is 0. The van der Waals surface area contributed by atoms with Crippen LogP contribution in [-0.4, -0.2) is 27.9 Å². The molecule has 1 aliphatic rings. The summed E-state index contributed by atoms with van der Waals surface area (Å²) in [5, 5.41) is 9.87. The van der Waals surface area contributed by atoms with Crippen LogP contribution < -0.4 is 0 Å². The zero-order valence-corrected chi connectivity index (χ0v) is 13.5. The van der Waals surface area contributed by atoms with Crippen LogP contribution in [0.1, 0.15) is 31.9 Å². The molecule has 1 aromatic carbocycles. The Kier molecular flexibility index (Phi) is 4.39. The van der Waals surface area contributed by atoms with Gasteiger partial charge in [0.15, 0.2) is 0 Å². The standard InChI is InChI=1S/C14H15BrClNO3/c1-7(2)17-12(18)6-10(14(19)20)13(17)9-5-8(15)3-4-11(9)16/h3-5,7,10,13H,6H2,1-2H3,(H,19,20). The van der Waals surface area contributed by atoms with E-state index in [1.165, 1.54) is 0 Å². The van der Waals surface area contributed by atoms with Crippen molar-refractivity contribution in [2.45, 2.75) is 32.4 Å². The summed E-state index contributed by atoms with van der Waals surface area (Å²) in [6.45, 7) is 3.75. The normalized spacial score (nSPS) is 22.6. The van der Waals surface area contributed by atoms with Gasteiger partial charge < -0.3 is 10.0 Å². The third-order valence-corrected chi connectivity index (χ3v) is 4.35. The second kappa shape index (κ2) is 5.74. The molecule has 4 nitrogen and oxygen atoms in total. The summed E-state index contributed by atoms with van der Waals surface area (Å²) < 4.78 is 0.809. The number of carboxylic acid groups (broad SMARTS) is 1. The number of halogens is 2. The maximum Gasteiger partial charge on any atom is 0.309 e. The van der Waals surface area contributed by atoms with Gasteiger partial charge in [0.1, 0.15) is 0 Å². The van der Waals surface area contributed by atoms with Gasteiger partial charge in [-0.3, -0.25) is 9.59 Å². The van der Waals surface area contributed by atoms with E-state index in [-0.39, 0.29) is 18.4 Å². The van der Waals surface area contributed by atoms with Crippen molar-refractivity contribution in [1.82, 2.24) is 4.90 Å². The lowest BCUT2D eigenvalue weighted by Gasteiger charge is -2.31. The van der Waals surface area contributed by atoms with Gasteiger partial charge in [-0.2, -0.15) is 0 Å². The molecule has 2 rings (SSSR count). The molecule has 20 heavy (non-hydrogen) atoms. The number of likely N-dealkylation sites (tertiary alicyclic amines) is 1. The number of carbonyl (C=O) groups is 2. The molecular weight excluding hydrogens is 346 g/mol. The second-order valence-corrected chi connectivity index (χ2v) is 6.48. The van der Waals surface area contributed by atoms with Gasteiger partial charge >= 0.3 is 5.97 Å². The van der Waals surface area contributed by atoms with Gasteiger partial charge in [-0.15, -0.1) is 0 Å². The molecule has 0 bridgehead atoms. The molecule has 1 aromatic rings. The van der Waals surface area contributed by atoms with Crippen molar-refractivity contribution in [3.05, 3.63) is 33.3 Å². The van der Waals surface area contributed by atoms with Crippen LogP contribution in [0.4, 0.5) is 0 Å². The predicted molar refractivity (Wildman–Crippen MR) is 79.6 cm³/mol. The van der Waals surface area contributed by atoms with Crippen LogP contribution in [0.5, 0.6) is 0 Å². The summed E-state index contributed by atoms with van der Waals surface area (Å²) in [5.74, 6) is -1.88. The van der Waals surface area contributed by atoms with Gasteiger partial charge in [0.05, 0.1) is 12.0 Å². The van der Waals surface area contributed by atoms with E-state index in [4.69, 9.17) is 11.6 Å². The van der Waals surface area contributed by atoms with Crippen LogP contribution in [0.2, 0.25) is 5.02 Å². The minimum atomic E-state index is -0.970. The lowest BCUT2D eigenvalue weighted by Crippen LogP contribution is -2.36. The second-order valence-electron chi connectivity index (χ2n) is 5.15. The van der Waals surface area contributed by atoms with E-state index in [0.717, 1.165) is 4.47 Å².